The fraction of sp³-hybridized carbons (Fsp3) is 0.278. The van der Waals surface area contributed by atoms with Crippen LogP contribution in [0.15, 0.2) is 47.4 Å². The summed E-state index contributed by atoms with van der Waals surface area (Å²) in [7, 11) is -3.92. The van der Waals surface area contributed by atoms with Gasteiger partial charge in [-0.05, 0) is 36.8 Å². The zero-order chi connectivity index (χ0) is 18.7. The molecule has 1 aliphatic heterocycles. The minimum atomic E-state index is -3.92. The summed E-state index contributed by atoms with van der Waals surface area (Å²) in [6, 6.07) is 11.2. The molecule has 0 saturated heterocycles. The summed E-state index contributed by atoms with van der Waals surface area (Å²) in [6.07, 6.45) is 0. The van der Waals surface area contributed by atoms with Crippen LogP contribution in [0.1, 0.15) is 17.0 Å². The number of ether oxygens (including phenoxy) is 2. The summed E-state index contributed by atoms with van der Waals surface area (Å²) in [5.41, 5.74) is 5.57. The Bertz CT molecular complexity index is 1000. The predicted molar refractivity (Wildman–Crippen MR) is 92.0 cm³/mol. The first-order valence-corrected chi connectivity index (χ1v) is 9.53. The number of carbonyl (C=O) groups is 1. The lowest BCUT2D eigenvalue weighted by molar-refractivity contribution is -0.139. The van der Waals surface area contributed by atoms with Crippen LogP contribution in [0.3, 0.4) is 0 Å². The van der Waals surface area contributed by atoms with Crippen LogP contribution in [0, 0.1) is 6.92 Å². The normalized spacial score (nSPS) is 26.5. The molecule has 0 aromatic heterocycles. The van der Waals surface area contributed by atoms with E-state index in [2.05, 4.69) is 0 Å². The van der Waals surface area contributed by atoms with Gasteiger partial charge in [0.1, 0.15) is 10.8 Å². The molecule has 0 unspecified atom stereocenters. The number of hydrogen-bond donors (Lipinski definition) is 2. The lowest BCUT2D eigenvalue weighted by atomic mass is 10.1. The van der Waals surface area contributed by atoms with Crippen molar-refractivity contribution >= 4 is 15.8 Å². The Labute approximate surface area is 150 Å². The van der Waals surface area contributed by atoms with Gasteiger partial charge in [-0.25, -0.2) is 8.42 Å². The van der Waals surface area contributed by atoms with Crippen LogP contribution < -0.4 is 15.2 Å². The fourth-order valence-corrected chi connectivity index (χ4v) is 5.73. The molecule has 136 valence electrons. The monoisotopic (exact) mass is 375 g/mol. The smallest absolute Gasteiger partial charge is 0.325 e. The van der Waals surface area contributed by atoms with Gasteiger partial charge in [-0.1, -0.05) is 23.8 Å². The topological polar surface area (TPSA) is 116 Å². The molecule has 3 atom stereocenters. The van der Waals surface area contributed by atoms with Gasteiger partial charge in [0.2, 0.25) is 6.79 Å². The zero-order valence-corrected chi connectivity index (χ0v) is 14.7. The number of fused-ring (bicyclic) bond motifs is 1. The highest BCUT2D eigenvalue weighted by Crippen LogP contribution is 2.56. The third-order valence-corrected chi connectivity index (χ3v) is 7.25. The van der Waals surface area contributed by atoms with E-state index in [4.69, 9.17) is 15.2 Å². The van der Waals surface area contributed by atoms with Gasteiger partial charge in [-0.15, -0.1) is 0 Å². The lowest BCUT2D eigenvalue weighted by Crippen LogP contribution is -2.39. The molecule has 4 rings (SSSR count). The van der Waals surface area contributed by atoms with Gasteiger partial charge in [-0.3, -0.25) is 4.79 Å². The number of sulfone groups is 1. The van der Waals surface area contributed by atoms with Crippen LogP contribution in [-0.2, 0) is 14.6 Å². The molecule has 3 N–H and O–H groups in total. The Hall–Kier alpha value is -2.58. The van der Waals surface area contributed by atoms with E-state index in [1.165, 1.54) is 12.1 Å². The van der Waals surface area contributed by atoms with Crippen molar-refractivity contribution in [2.24, 2.45) is 5.73 Å². The third kappa shape index (κ3) is 2.29. The Morgan fingerprint density at radius 2 is 1.81 bits per heavy atom. The molecule has 1 aliphatic carbocycles. The maximum atomic E-state index is 13.0. The average molecular weight is 375 g/mol. The van der Waals surface area contributed by atoms with Crippen molar-refractivity contribution < 1.29 is 27.8 Å². The molecule has 2 aliphatic rings. The number of rotatable bonds is 4. The molecule has 7 nitrogen and oxygen atoms in total. The highest BCUT2D eigenvalue weighted by Gasteiger charge is 2.74. The van der Waals surface area contributed by atoms with Crippen LogP contribution >= 0.6 is 0 Å². The summed E-state index contributed by atoms with van der Waals surface area (Å²) in [5.74, 6) is -1.24. The van der Waals surface area contributed by atoms with E-state index < -0.39 is 32.5 Å². The van der Waals surface area contributed by atoms with Crippen LogP contribution in [0.4, 0.5) is 0 Å². The van der Waals surface area contributed by atoms with Gasteiger partial charge in [-0.2, -0.15) is 0 Å². The SMILES string of the molecule is Cc1ccc(S(=O)(=O)[C@H]2[C@@H](c3ccc4c(c3)OCO4)[C@@]2(N)C(=O)O)cc1. The molecule has 0 spiro atoms. The van der Waals surface area contributed by atoms with Gasteiger partial charge >= 0.3 is 5.97 Å². The predicted octanol–water partition coefficient (Wildman–Crippen LogP) is 1.45. The summed E-state index contributed by atoms with van der Waals surface area (Å²) < 4.78 is 36.6. The van der Waals surface area contributed by atoms with Crippen LogP contribution in [0.2, 0.25) is 0 Å². The first-order valence-electron chi connectivity index (χ1n) is 7.98. The second kappa shape index (κ2) is 5.46. The molecule has 0 amide bonds. The number of nitrogens with two attached hydrogens (primary N) is 1. The minimum Gasteiger partial charge on any atom is -0.480 e. The Morgan fingerprint density at radius 3 is 2.46 bits per heavy atom. The van der Waals surface area contributed by atoms with E-state index in [0.717, 1.165) is 5.56 Å². The molecule has 26 heavy (non-hydrogen) atoms. The molecule has 1 fully saturated rings. The largest absolute Gasteiger partial charge is 0.480 e. The quantitative estimate of drug-likeness (QED) is 0.831. The highest BCUT2D eigenvalue weighted by molar-refractivity contribution is 7.92. The van der Waals surface area contributed by atoms with E-state index in [1.54, 1.807) is 30.3 Å². The Morgan fingerprint density at radius 1 is 1.15 bits per heavy atom. The van der Waals surface area contributed by atoms with Crippen molar-refractivity contribution in [3.05, 3.63) is 53.6 Å². The fourth-order valence-electron chi connectivity index (χ4n) is 3.50. The number of aryl methyl sites for hydroxylation is 1. The second-order valence-corrected chi connectivity index (χ2v) is 8.68. The van der Waals surface area contributed by atoms with Crippen molar-refractivity contribution in [1.82, 2.24) is 0 Å². The van der Waals surface area contributed by atoms with E-state index in [0.29, 0.717) is 17.1 Å². The van der Waals surface area contributed by atoms with Crippen molar-refractivity contribution in [1.29, 1.82) is 0 Å². The Balaban J connectivity index is 1.77. The lowest BCUT2D eigenvalue weighted by Gasteiger charge is -2.07. The highest BCUT2D eigenvalue weighted by atomic mass is 32.2. The van der Waals surface area contributed by atoms with Gasteiger partial charge < -0.3 is 20.3 Å². The van der Waals surface area contributed by atoms with Crippen molar-refractivity contribution in [2.45, 2.75) is 28.5 Å². The molecular weight excluding hydrogens is 358 g/mol. The summed E-state index contributed by atoms with van der Waals surface area (Å²) in [4.78, 5) is 11.9. The van der Waals surface area contributed by atoms with E-state index >= 15 is 0 Å². The first kappa shape index (κ1) is 16.9. The van der Waals surface area contributed by atoms with Crippen molar-refractivity contribution in [2.75, 3.05) is 6.79 Å². The van der Waals surface area contributed by atoms with Crippen LogP contribution in [0.25, 0.3) is 0 Å². The number of aliphatic carboxylic acids is 1. The van der Waals surface area contributed by atoms with Crippen molar-refractivity contribution in [3.63, 3.8) is 0 Å². The van der Waals surface area contributed by atoms with Crippen LogP contribution in [-0.4, -0.2) is 37.1 Å². The van der Waals surface area contributed by atoms with E-state index in [1.807, 2.05) is 6.92 Å². The third-order valence-electron chi connectivity index (χ3n) is 4.99. The van der Waals surface area contributed by atoms with Gasteiger partial charge in [0.15, 0.2) is 21.3 Å². The number of carboxylic acid groups (broad SMARTS) is 1. The molecule has 1 heterocycles. The average Bonchev–Trinajstić information content (AvgIpc) is 3.01. The van der Waals surface area contributed by atoms with Gasteiger partial charge in [0.05, 0.1) is 4.90 Å². The first-order chi connectivity index (χ1) is 12.3. The molecule has 0 radical (unpaired) electrons. The van der Waals surface area contributed by atoms with E-state index in [-0.39, 0.29) is 11.7 Å². The molecule has 2 aromatic carbocycles. The standard InChI is InChI=1S/C18H17NO6S/c1-10-2-5-12(6-3-10)26(22,23)16-15(18(16,19)17(20)21)11-4-7-13-14(8-11)25-9-24-13/h2-8,15-16H,9,19H2,1H3,(H,20,21)/t15-,16+,18+/m1/s1. The molecule has 1 saturated carbocycles. The van der Waals surface area contributed by atoms with Gasteiger partial charge in [0.25, 0.3) is 0 Å². The van der Waals surface area contributed by atoms with Crippen LogP contribution in [0.5, 0.6) is 11.5 Å². The zero-order valence-electron chi connectivity index (χ0n) is 13.9. The maximum absolute atomic E-state index is 13.0. The molecule has 0 bridgehead atoms. The summed E-state index contributed by atoms with van der Waals surface area (Å²) >= 11 is 0. The molecule has 2 aromatic rings. The number of carboxylic acids is 1. The summed E-state index contributed by atoms with van der Waals surface area (Å²) in [6.45, 7) is 1.91. The Kier molecular flexibility index (Phi) is 3.54. The number of hydrogen-bond acceptors (Lipinski definition) is 6. The molecular formula is C18H17NO6S. The minimum absolute atomic E-state index is 0.0624. The number of benzene rings is 2. The van der Waals surface area contributed by atoms with Gasteiger partial charge in [0, 0.05) is 5.92 Å². The maximum Gasteiger partial charge on any atom is 0.325 e. The van der Waals surface area contributed by atoms with E-state index in [9.17, 15) is 18.3 Å². The second-order valence-electron chi connectivity index (χ2n) is 6.61. The van der Waals surface area contributed by atoms with Crippen molar-refractivity contribution in [3.8, 4) is 11.5 Å². The molecule has 8 heteroatoms. The summed E-state index contributed by atoms with van der Waals surface area (Å²) in [5, 5.41) is 8.36.